The SMILES string of the molecule is Cc1ccc(N(CC(=O)N(Cc2ccccc2Cl)[C@@H](C)C(=O)NC(C)C)S(C)(=O)=O)cc1C. The first kappa shape index (κ1) is 26.7. The van der Waals surface area contributed by atoms with E-state index in [2.05, 4.69) is 5.32 Å². The van der Waals surface area contributed by atoms with Crippen LogP contribution in [0, 0.1) is 13.8 Å². The number of carbonyl (C=O) groups is 2. The molecule has 2 aromatic rings. The van der Waals surface area contributed by atoms with Gasteiger partial charge < -0.3 is 10.2 Å². The summed E-state index contributed by atoms with van der Waals surface area (Å²) in [6.45, 7) is 8.71. The van der Waals surface area contributed by atoms with Crippen molar-refractivity contribution in [2.75, 3.05) is 17.1 Å². The van der Waals surface area contributed by atoms with E-state index in [1.807, 2.05) is 33.8 Å². The number of rotatable bonds is 9. The lowest BCUT2D eigenvalue weighted by atomic mass is 10.1. The summed E-state index contributed by atoms with van der Waals surface area (Å²) in [5, 5.41) is 3.27. The van der Waals surface area contributed by atoms with Gasteiger partial charge in [0.1, 0.15) is 12.6 Å². The van der Waals surface area contributed by atoms with E-state index in [0.29, 0.717) is 16.3 Å². The van der Waals surface area contributed by atoms with Gasteiger partial charge in [0.15, 0.2) is 0 Å². The van der Waals surface area contributed by atoms with E-state index in [0.717, 1.165) is 21.7 Å². The Kier molecular flexibility index (Phi) is 8.91. The summed E-state index contributed by atoms with van der Waals surface area (Å²) in [5.74, 6) is -0.840. The monoisotopic (exact) mass is 493 g/mol. The van der Waals surface area contributed by atoms with Crippen molar-refractivity contribution in [3.63, 3.8) is 0 Å². The Labute approximate surface area is 201 Å². The minimum atomic E-state index is -3.76. The molecule has 2 amide bonds. The molecule has 33 heavy (non-hydrogen) atoms. The summed E-state index contributed by atoms with van der Waals surface area (Å²) in [7, 11) is -3.76. The molecule has 1 atom stereocenters. The fraction of sp³-hybridized carbons (Fsp3) is 0.417. The van der Waals surface area contributed by atoms with Crippen LogP contribution in [-0.2, 0) is 26.2 Å². The summed E-state index contributed by atoms with van der Waals surface area (Å²) < 4.78 is 26.3. The van der Waals surface area contributed by atoms with Gasteiger partial charge in [-0.2, -0.15) is 0 Å². The number of benzene rings is 2. The van der Waals surface area contributed by atoms with E-state index < -0.39 is 28.5 Å². The Morgan fingerprint density at radius 3 is 2.21 bits per heavy atom. The molecule has 0 aliphatic rings. The first-order valence-corrected chi connectivity index (χ1v) is 12.9. The average Bonchev–Trinajstić information content (AvgIpc) is 2.71. The predicted octanol–water partition coefficient (Wildman–Crippen LogP) is 3.66. The lowest BCUT2D eigenvalue weighted by Gasteiger charge is -2.32. The summed E-state index contributed by atoms with van der Waals surface area (Å²) in [6.07, 6.45) is 1.06. The van der Waals surface area contributed by atoms with Gasteiger partial charge in [-0.15, -0.1) is 0 Å². The van der Waals surface area contributed by atoms with Crippen LogP contribution in [0.5, 0.6) is 0 Å². The molecule has 0 aromatic heterocycles. The van der Waals surface area contributed by atoms with Crippen LogP contribution in [0.25, 0.3) is 0 Å². The zero-order valence-corrected chi connectivity index (χ0v) is 21.5. The maximum absolute atomic E-state index is 13.5. The minimum absolute atomic E-state index is 0.0652. The molecule has 0 aliphatic carbocycles. The number of carbonyl (C=O) groups excluding carboxylic acids is 2. The minimum Gasteiger partial charge on any atom is -0.352 e. The second-order valence-electron chi connectivity index (χ2n) is 8.49. The first-order valence-electron chi connectivity index (χ1n) is 10.7. The molecule has 0 fully saturated rings. The molecule has 180 valence electrons. The van der Waals surface area contributed by atoms with Gasteiger partial charge in [0.2, 0.25) is 21.8 Å². The van der Waals surface area contributed by atoms with E-state index in [4.69, 9.17) is 11.6 Å². The molecule has 0 aliphatic heterocycles. The number of sulfonamides is 1. The van der Waals surface area contributed by atoms with Crippen LogP contribution < -0.4 is 9.62 Å². The van der Waals surface area contributed by atoms with Crippen molar-refractivity contribution in [1.82, 2.24) is 10.2 Å². The molecule has 0 unspecified atom stereocenters. The van der Waals surface area contributed by atoms with E-state index >= 15 is 0 Å². The van der Waals surface area contributed by atoms with E-state index in [-0.39, 0.29) is 18.5 Å². The van der Waals surface area contributed by atoms with Crippen LogP contribution in [0.2, 0.25) is 5.02 Å². The highest BCUT2D eigenvalue weighted by Crippen LogP contribution is 2.23. The lowest BCUT2D eigenvalue weighted by Crippen LogP contribution is -2.52. The standard InChI is InChI=1S/C24H32ClN3O4S/c1-16(2)26-24(30)19(5)27(14-20-9-7-8-10-22(20)25)23(29)15-28(33(6,31)32)21-12-11-17(3)18(4)13-21/h7-13,16,19H,14-15H2,1-6H3,(H,26,30)/t19-/m0/s1. The van der Waals surface area contributed by atoms with Crippen molar-refractivity contribution >= 4 is 39.1 Å². The Balaban J connectivity index is 2.43. The number of hydrogen-bond acceptors (Lipinski definition) is 4. The zero-order valence-electron chi connectivity index (χ0n) is 19.9. The summed E-state index contributed by atoms with van der Waals surface area (Å²) in [5.41, 5.74) is 2.98. The molecule has 2 aromatic carbocycles. The highest BCUT2D eigenvalue weighted by molar-refractivity contribution is 7.92. The fourth-order valence-electron chi connectivity index (χ4n) is 3.29. The van der Waals surface area contributed by atoms with Crippen LogP contribution in [0.3, 0.4) is 0 Å². The Morgan fingerprint density at radius 2 is 1.67 bits per heavy atom. The number of nitrogens with zero attached hydrogens (tertiary/aromatic N) is 2. The van der Waals surface area contributed by atoms with E-state index in [1.165, 1.54) is 4.90 Å². The van der Waals surface area contributed by atoms with Crippen molar-refractivity contribution in [2.45, 2.75) is 53.2 Å². The molecule has 0 saturated carbocycles. The van der Waals surface area contributed by atoms with Gasteiger partial charge in [0.25, 0.3) is 0 Å². The molecule has 0 heterocycles. The molecule has 1 N–H and O–H groups in total. The molecular weight excluding hydrogens is 462 g/mol. The Morgan fingerprint density at radius 1 is 1.03 bits per heavy atom. The van der Waals surface area contributed by atoms with Crippen molar-refractivity contribution in [2.24, 2.45) is 0 Å². The first-order chi connectivity index (χ1) is 15.3. The summed E-state index contributed by atoms with van der Waals surface area (Å²) in [6, 6.07) is 11.3. The third-order valence-corrected chi connectivity index (χ3v) is 6.86. The van der Waals surface area contributed by atoms with Gasteiger partial charge in [0.05, 0.1) is 11.9 Å². The normalized spacial score (nSPS) is 12.4. The molecular formula is C24H32ClN3O4S. The maximum atomic E-state index is 13.5. The number of aryl methyl sites for hydroxylation is 2. The zero-order chi connectivity index (χ0) is 24.9. The largest absolute Gasteiger partial charge is 0.352 e. The summed E-state index contributed by atoms with van der Waals surface area (Å²) in [4.78, 5) is 27.6. The number of amides is 2. The van der Waals surface area contributed by atoms with Gasteiger partial charge in [-0.3, -0.25) is 13.9 Å². The maximum Gasteiger partial charge on any atom is 0.244 e. The van der Waals surface area contributed by atoms with E-state index in [9.17, 15) is 18.0 Å². The van der Waals surface area contributed by atoms with Crippen LogP contribution in [0.4, 0.5) is 5.69 Å². The highest BCUT2D eigenvalue weighted by Gasteiger charge is 2.30. The molecule has 0 radical (unpaired) electrons. The van der Waals surface area contributed by atoms with Crippen molar-refractivity contribution in [1.29, 1.82) is 0 Å². The molecule has 7 nitrogen and oxygen atoms in total. The van der Waals surface area contributed by atoms with Crippen LogP contribution in [-0.4, -0.2) is 50.0 Å². The van der Waals surface area contributed by atoms with Crippen LogP contribution in [0.1, 0.15) is 37.5 Å². The Bertz CT molecular complexity index is 1120. The van der Waals surface area contributed by atoms with Gasteiger partial charge in [-0.05, 0) is 69.5 Å². The van der Waals surface area contributed by atoms with Gasteiger partial charge in [-0.25, -0.2) is 8.42 Å². The predicted molar refractivity (Wildman–Crippen MR) is 133 cm³/mol. The Hall–Kier alpha value is -2.58. The third kappa shape index (κ3) is 7.20. The van der Waals surface area contributed by atoms with Gasteiger partial charge >= 0.3 is 0 Å². The quantitative estimate of drug-likeness (QED) is 0.577. The molecule has 2 rings (SSSR count). The van der Waals surface area contributed by atoms with Crippen molar-refractivity contribution in [3.8, 4) is 0 Å². The lowest BCUT2D eigenvalue weighted by molar-refractivity contribution is -0.139. The van der Waals surface area contributed by atoms with Crippen molar-refractivity contribution in [3.05, 3.63) is 64.2 Å². The van der Waals surface area contributed by atoms with Gasteiger partial charge in [0, 0.05) is 17.6 Å². The molecule has 0 spiro atoms. The fourth-order valence-corrected chi connectivity index (χ4v) is 4.33. The number of halogens is 1. The second-order valence-corrected chi connectivity index (χ2v) is 10.8. The molecule has 0 saturated heterocycles. The summed E-state index contributed by atoms with van der Waals surface area (Å²) >= 11 is 6.30. The highest BCUT2D eigenvalue weighted by atomic mass is 35.5. The number of hydrogen-bond donors (Lipinski definition) is 1. The van der Waals surface area contributed by atoms with E-state index in [1.54, 1.807) is 43.3 Å². The number of anilines is 1. The topological polar surface area (TPSA) is 86.8 Å². The second kappa shape index (κ2) is 11.0. The number of nitrogens with one attached hydrogen (secondary N) is 1. The van der Waals surface area contributed by atoms with Crippen LogP contribution in [0.15, 0.2) is 42.5 Å². The van der Waals surface area contributed by atoms with Gasteiger partial charge in [-0.1, -0.05) is 35.9 Å². The smallest absolute Gasteiger partial charge is 0.244 e. The van der Waals surface area contributed by atoms with Crippen molar-refractivity contribution < 1.29 is 18.0 Å². The molecule has 0 bridgehead atoms. The molecule has 9 heteroatoms. The van der Waals surface area contributed by atoms with Crippen LogP contribution >= 0.6 is 11.6 Å². The third-order valence-electron chi connectivity index (χ3n) is 5.35. The average molecular weight is 494 g/mol.